The summed E-state index contributed by atoms with van der Waals surface area (Å²) in [5, 5.41) is 5.37. The summed E-state index contributed by atoms with van der Waals surface area (Å²) in [5.74, 6) is -0.448. The normalized spacial score (nSPS) is 20.5. The molecule has 1 fully saturated rings. The van der Waals surface area contributed by atoms with Gasteiger partial charge in [-0.3, -0.25) is 14.5 Å². The number of halogens is 1. The average Bonchev–Trinajstić information content (AvgIpc) is 3.10. The Morgan fingerprint density at radius 1 is 1.15 bits per heavy atom. The highest BCUT2D eigenvalue weighted by Gasteiger charge is 2.49. The number of imidazole rings is 1. The maximum Gasteiger partial charge on any atom is 0.325 e. The van der Waals surface area contributed by atoms with Crippen LogP contribution >= 0.6 is 0 Å². The minimum absolute atomic E-state index is 0.431. The smallest absolute Gasteiger partial charge is 0.325 e. The Morgan fingerprint density at radius 2 is 1.94 bits per heavy atom. The minimum Gasteiger partial charge on any atom is -0.328 e. The Kier molecular flexibility index (Phi) is 5.11. The van der Waals surface area contributed by atoms with Gasteiger partial charge in [0.25, 0.3) is 5.91 Å². The van der Waals surface area contributed by atoms with Crippen LogP contribution in [0.3, 0.4) is 0 Å². The second-order valence-electron chi connectivity index (χ2n) is 8.70. The highest BCUT2D eigenvalue weighted by molar-refractivity contribution is 6.10. The van der Waals surface area contributed by atoms with Crippen LogP contribution in [0.4, 0.5) is 14.9 Å². The van der Waals surface area contributed by atoms with Gasteiger partial charge in [0.05, 0.1) is 11.0 Å². The summed E-state index contributed by atoms with van der Waals surface area (Å²) in [6.07, 6.45) is 4.38. The second-order valence-corrected chi connectivity index (χ2v) is 8.70. The van der Waals surface area contributed by atoms with Gasteiger partial charge < -0.3 is 15.2 Å². The predicted octanol–water partition coefficient (Wildman–Crippen LogP) is 3.31. The molecule has 170 valence electrons. The van der Waals surface area contributed by atoms with Crippen molar-refractivity contribution in [1.29, 1.82) is 0 Å². The van der Waals surface area contributed by atoms with Gasteiger partial charge in [0.1, 0.15) is 23.7 Å². The molecule has 1 aromatic heterocycles. The lowest BCUT2D eigenvalue weighted by Crippen LogP contribution is -2.42. The van der Waals surface area contributed by atoms with Gasteiger partial charge in [0.2, 0.25) is 5.91 Å². The number of carbonyl (C=O) groups excluding carboxylic acids is 3. The average molecular weight is 449 g/mol. The van der Waals surface area contributed by atoms with Crippen LogP contribution in [-0.2, 0) is 28.1 Å². The number of amides is 4. The van der Waals surface area contributed by atoms with Crippen molar-refractivity contribution in [2.24, 2.45) is 0 Å². The SMILES string of the molecule is CC1(c2ccc(F)cc2)NC(=O)N(CC(=O)Nc2ccc3c(c2)nc2n3CCCCC2)C1=O. The fourth-order valence-electron chi connectivity index (χ4n) is 4.59. The third-order valence-electron chi connectivity index (χ3n) is 6.39. The lowest BCUT2D eigenvalue weighted by Gasteiger charge is -2.22. The van der Waals surface area contributed by atoms with Gasteiger partial charge in [0.15, 0.2) is 0 Å². The number of carbonyl (C=O) groups is 3. The van der Waals surface area contributed by atoms with Gasteiger partial charge in [0, 0.05) is 18.7 Å². The molecule has 2 aliphatic rings. The van der Waals surface area contributed by atoms with Crippen molar-refractivity contribution in [1.82, 2.24) is 19.8 Å². The van der Waals surface area contributed by atoms with Gasteiger partial charge in [-0.2, -0.15) is 0 Å². The zero-order valence-electron chi connectivity index (χ0n) is 18.2. The van der Waals surface area contributed by atoms with Crippen LogP contribution in [-0.4, -0.2) is 38.8 Å². The molecule has 0 aliphatic carbocycles. The Balaban J connectivity index is 1.30. The summed E-state index contributed by atoms with van der Waals surface area (Å²) < 4.78 is 15.5. The highest BCUT2D eigenvalue weighted by atomic mass is 19.1. The minimum atomic E-state index is -1.36. The highest BCUT2D eigenvalue weighted by Crippen LogP contribution is 2.29. The molecule has 0 radical (unpaired) electrons. The van der Waals surface area contributed by atoms with Crippen molar-refractivity contribution in [3.8, 4) is 0 Å². The van der Waals surface area contributed by atoms with E-state index in [1.807, 2.05) is 12.1 Å². The topological polar surface area (TPSA) is 96.3 Å². The maximum atomic E-state index is 13.3. The first kappa shape index (κ1) is 21.1. The van der Waals surface area contributed by atoms with Crippen LogP contribution in [0.25, 0.3) is 11.0 Å². The number of benzene rings is 2. The predicted molar refractivity (Wildman–Crippen MR) is 120 cm³/mol. The second kappa shape index (κ2) is 7.99. The summed E-state index contributed by atoms with van der Waals surface area (Å²) in [4.78, 5) is 43.7. The third kappa shape index (κ3) is 3.73. The van der Waals surface area contributed by atoms with Crippen LogP contribution in [0.1, 0.15) is 37.6 Å². The third-order valence-corrected chi connectivity index (χ3v) is 6.39. The molecular weight excluding hydrogens is 425 g/mol. The molecule has 1 atom stereocenters. The number of nitrogens with zero attached hydrogens (tertiary/aromatic N) is 3. The number of rotatable bonds is 4. The van der Waals surface area contributed by atoms with Crippen molar-refractivity contribution in [3.63, 3.8) is 0 Å². The molecule has 1 saturated heterocycles. The number of hydrogen-bond acceptors (Lipinski definition) is 4. The van der Waals surface area contributed by atoms with E-state index < -0.39 is 35.7 Å². The molecule has 1 unspecified atom stereocenters. The van der Waals surface area contributed by atoms with E-state index in [0.29, 0.717) is 11.3 Å². The summed E-state index contributed by atoms with van der Waals surface area (Å²) in [5.41, 5.74) is 1.47. The molecule has 0 saturated carbocycles. The quantitative estimate of drug-likeness (QED) is 0.598. The molecule has 2 aromatic carbocycles. The van der Waals surface area contributed by atoms with E-state index in [1.165, 1.54) is 37.6 Å². The molecule has 3 heterocycles. The van der Waals surface area contributed by atoms with E-state index in [-0.39, 0.29) is 0 Å². The Hall–Kier alpha value is -3.75. The molecule has 5 rings (SSSR count). The molecule has 0 bridgehead atoms. The molecule has 9 heteroatoms. The van der Waals surface area contributed by atoms with Crippen molar-refractivity contribution in [2.75, 3.05) is 11.9 Å². The zero-order chi connectivity index (χ0) is 23.2. The number of hydrogen-bond donors (Lipinski definition) is 2. The summed E-state index contributed by atoms with van der Waals surface area (Å²) >= 11 is 0. The zero-order valence-corrected chi connectivity index (χ0v) is 18.2. The number of aryl methyl sites for hydroxylation is 2. The van der Waals surface area contributed by atoms with E-state index in [1.54, 1.807) is 6.07 Å². The van der Waals surface area contributed by atoms with E-state index in [0.717, 1.165) is 47.6 Å². The van der Waals surface area contributed by atoms with Crippen molar-refractivity contribution in [3.05, 3.63) is 59.7 Å². The number of aromatic nitrogens is 2. The Bertz CT molecular complexity index is 1270. The van der Waals surface area contributed by atoms with Crippen molar-refractivity contribution < 1.29 is 18.8 Å². The molecule has 0 spiro atoms. The monoisotopic (exact) mass is 449 g/mol. The Morgan fingerprint density at radius 3 is 2.73 bits per heavy atom. The first-order chi connectivity index (χ1) is 15.8. The molecule has 3 aromatic rings. The number of imide groups is 1. The molecule has 2 aliphatic heterocycles. The van der Waals surface area contributed by atoms with Crippen LogP contribution in [0.5, 0.6) is 0 Å². The van der Waals surface area contributed by atoms with E-state index in [9.17, 15) is 18.8 Å². The fraction of sp³-hybridized carbons (Fsp3) is 0.333. The van der Waals surface area contributed by atoms with Crippen molar-refractivity contribution >= 4 is 34.6 Å². The van der Waals surface area contributed by atoms with E-state index in [2.05, 4.69) is 15.2 Å². The van der Waals surface area contributed by atoms with Crippen molar-refractivity contribution in [2.45, 2.75) is 44.7 Å². The molecule has 4 amide bonds. The molecule has 33 heavy (non-hydrogen) atoms. The largest absolute Gasteiger partial charge is 0.328 e. The summed E-state index contributed by atoms with van der Waals surface area (Å²) in [7, 11) is 0. The lowest BCUT2D eigenvalue weighted by atomic mass is 9.92. The number of nitrogens with one attached hydrogen (secondary N) is 2. The summed E-state index contributed by atoms with van der Waals surface area (Å²) in [6, 6.07) is 10.2. The number of fused-ring (bicyclic) bond motifs is 3. The molecule has 2 N–H and O–H groups in total. The van der Waals surface area contributed by atoms with E-state index >= 15 is 0 Å². The van der Waals surface area contributed by atoms with Crippen LogP contribution < -0.4 is 10.6 Å². The molecule has 8 nitrogen and oxygen atoms in total. The van der Waals surface area contributed by atoms with Crippen LogP contribution in [0.2, 0.25) is 0 Å². The number of anilines is 1. The maximum absolute atomic E-state index is 13.3. The molecular formula is C24H24FN5O3. The van der Waals surface area contributed by atoms with Gasteiger partial charge >= 0.3 is 6.03 Å². The van der Waals surface area contributed by atoms with Gasteiger partial charge in [-0.05, 0) is 55.7 Å². The lowest BCUT2D eigenvalue weighted by molar-refractivity contribution is -0.133. The summed E-state index contributed by atoms with van der Waals surface area (Å²) in [6.45, 7) is 2.05. The fourth-order valence-corrected chi connectivity index (χ4v) is 4.59. The van der Waals surface area contributed by atoms with Crippen LogP contribution in [0.15, 0.2) is 42.5 Å². The first-order valence-electron chi connectivity index (χ1n) is 11.0. The van der Waals surface area contributed by atoms with Crippen LogP contribution in [0, 0.1) is 5.82 Å². The first-order valence-corrected chi connectivity index (χ1v) is 11.0. The van der Waals surface area contributed by atoms with Gasteiger partial charge in [-0.1, -0.05) is 18.6 Å². The Labute approximate surface area is 189 Å². The van der Waals surface area contributed by atoms with Gasteiger partial charge in [-0.25, -0.2) is 14.2 Å². The standard InChI is InChI=1S/C24H24FN5O3/c1-24(15-6-8-16(25)9-7-15)22(32)30(23(33)28-24)14-21(31)26-17-10-11-19-18(13-17)27-20-5-3-2-4-12-29(19)20/h6-11,13H,2-5,12,14H2,1H3,(H,26,31)(H,28,33). The van der Waals surface area contributed by atoms with Gasteiger partial charge in [-0.15, -0.1) is 0 Å². The van der Waals surface area contributed by atoms with E-state index in [4.69, 9.17) is 4.98 Å². The number of urea groups is 1.